The van der Waals surface area contributed by atoms with Gasteiger partial charge in [-0.15, -0.1) is 0 Å². The molecule has 0 saturated carbocycles. The summed E-state index contributed by atoms with van der Waals surface area (Å²) in [4.78, 5) is 39.5. The predicted molar refractivity (Wildman–Crippen MR) is 97.7 cm³/mol. The van der Waals surface area contributed by atoms with Crippen molar-refractivity contribution in [2.45, 2.75) is 31.9 Å². The van der Waals surface area contributed by atoms with Gasteiger partial charge in [-0.2, -0.15) is 0 Å². The molecular formula is C21H21NO5. The second-order valence-corrected chi connectivity index (χ2v) is 6.34. The van der Waals surface area contributed by atoms with Gasteiger partial charge in [0.25, 0.3) is 11.5 Å². The van der Waals surface area contributed by atoms with Crippen molar-refractivity contribution in [1.29, 1.82) is 0 Å². The highest BCUT2D eigenvalue weighted by Gasteiger charge is 2.61. The summed E-state index contributed by atoms with van der Waals surface area (Å²) in [5, 5.41) is 0. The van der Waals surface area contributed by atoms with Crippen LogP contribution in [0.1, 0.15) is 31.0 Å². The van der Waals surface area contributed by atoms with Crippen LogP contribution in [-0.4, -0.2) is 35.1 Å². The molecule has 27 heavy (non-hydrogen) atoms. The van der Waals surface area contributed by atoms with Crippen LogP contribution >= 0.6 is 0 Å². The number of hydrogen-bond donors (Lipinski definition) is 0. The van der Waals surface area contributed by atoms with Gasteiger partial charge < -0.3 is 9.47 Å². The average molecular weight is 367 g/mol. The Morgan fingerprint density at radius 1 is 1.07 bits per heavy atom. The standard InChI is InChI=1S/C21H21NO5/c1-3-26-19(24)21(14-16-10-6-4-7-11-16)18(23)22(20(25)27-21)15(2)17-12-8-5-9-13-17/h4-13,15H,3,14H2,1-2H3/t15-,21+/m1/s1. The number of amides is 2. The third kappa shape index (κ3) is 3.43. The van der Waals surface area contributed by atoms with Crippen LogP contribution < -0.4 is 0 Å². The van der Waals surface area contributed by atoms with Crippen LogP contribution in [-0.2, 0) is 25.5 Å². The van der Waals surface area contributed by atoms with E-state index >= 15 is 0 Å². The summed E-state index contributed by atoms with van der Waals surface area (Å²) < 4.78 is 10.5. The van der Waals surface area contributed by atoms with Gasteiger partial charge in [-0.25, -0.2) is 14.5 Å². The normalized spacial score (nSPS) is 20.3. The smallest absolute Gasteiger partial charge is 0.418 e. The van der Waals surface area contributed by atoms with Crippen LogP contribution in [0.4, 0.5) is 4.79 Å². The van der Waals surface area contributed by atoms with Crippen molar-refractivity contribution >= 4 is 18.0 Å². The second-order valence-electron chi connectivity index (χ2n) is 6.34. The van der Waals surface area contributed by atoms with E-state index in [4.69, 9.17) is 9.47 Å². The Bertz CT molecular complexity index is 836. The van der Waals surface area contributed by atoms with Crippen LogP contribution in [0.3, 0.4) is 0 Å². The number of hydrogen-bond acceptors (Lipinski definition) is 5. The zero-order chi connectivity index (χ0) is 19.4. The van der Waals surface area contributed by atoms with Gasteiger partial charge in [-0.05, 0) is 25.0 Å². The van der Waals surface area contributed by atoms with Gasteiger partial charge in [-0.1, -0.05) is 60.7 Å². The monoisotopic (exact) mass is 367 g/mol. The van der Waals surface area contributed by atoms with E-state index in [1.54, 1.807) is 38.1 Å². The van der Waals surface area contributed by atoms with Crippen LogP contribution in [0.25, 0.3) is 0 Å². The minimum Gasteiger partial charge on any atom is -0.463 e. The molecule has 6 heteroatoms. The highest BCUT2D eigenvalue weighted by Crippen LogP contribution is 2.35. The molecule has 2 aromatic rings. The molecule has 1 aliphatic heterocycles. The van der Waals surface area contributed by atoms with E-state index in [1.165, 1.54) is 0 Å². The largest absolute Gasteiger partial charge is 0.463 e. The average Bonchev–Trinajstić information content (AvgIpc) is 2.93. The fourth-order valence-corrected chi connectivity index (χ4v) is 3.18. The minimum atomic E-state index is -2.00. The lowest BCUT2D eigenvalue weighted by atomic mass is 9.92. The second kappa shape index (κ2) is 7.61. The Morgan fingerprint density at radius 3 is 2.26 bits per heavy atom. The number of cyclic esters (lactones) is 1. The summed E-state index contributed by atoms with van der Waals surface area (Å²) in [5.74, 6) is -1.55. The van der Waals surface area contributed by atoms with E-state index in [9.17, 15) is 14.4 Å². The van der Waals surface area contributed by atoms with Gasteiger partial charge in [0.05, 0.1) is 12.6 Å². The summed E-state index contributed by atoms with van der Waals surface area (Å²) >= 11 is 0. The lowest BCUT2D eigenvalue weighted by Crippen LogP contribution is -2.51. The first-order chi connectivity index (χ1) is 13.0. The fraction of sp³-hybridized carbons (Fsp3) is 0.286. The zero-order valence-electron chi connectivity index (χ0n) is 15.3. The molecule has 2 amide bonds. The summed E-state index contributed by atoms with van der Waals surface area (Å²) in [6, 6.07) is 17.5. The molecule has 0 radical (unpaired) electrons. The molecule has 1 fully saturated rings. The quantitative estimate of drug-likeness (QED) is 0.579. The van der Waals surface area contributed by atoms with E-state index in [-0.39, 0.29) is 13.0 Å². The van der Waals surface area contributed by atoms with Crippen LogP contribution in [0.2, 0.25) is 0 Å². The number of carbonyl (C=O) groups is 3. The molecule has 0 aromatic heterocycles. The first-order valence-electron chi connectivity index (χ1n) is 8.82. The van der Waals surface area contributed by atoms with Gasteiger partial charge in [-0.3, -0.25) is 4.79 Å². The molecule has 0 bridgehead atoms. The lowest BCUT2D eigenvalue weighted by Gasteiger charge is -2.24. The van der Waals surface area contributed by atoms with Gasteiger partial charge in [0.1, 0.15) is 0 Å². The summed E-state index contributed by atoms with van der Waals surface area (Å²) in [6.45, 7) is 3.44. The van der Waals surface area contributed by atoms with Gasteiger partial charge in [0.15, 0.2) is 0 Å². The Morgan fingerprint density at radius 2 is 1.67 bits per heavy atom. The number of rotatable bonds is 6. The molecule has 3 rings (SSSR count). The topological polar surface area (TPSA) is 72.9 Å². The molecule has 2 atom stereocenters. The lowest BCUT2D eigenvalue weighted by molar-refractivity contribution is -0.167. The van der Waals surface area contributed by atoms with E-state index in [0.717, 1.165) is 10.5 Å². The number of nitrogens with zero attached hydrogens (tertiary/aromatic N) is 1. The molecular weight excluding hydrogens is 346 g/mol. The molecule has 140 valence electrons. The van der Waals surface area contributed by atoms with Crippen molar-refractivity contribution in [1.82, 2.24) is 4.90 Å². The molecule has 0 aliphatic carbocycles. The van der Waals surface area contributed by atoms with Gasteiger partial charge in [0, 0.05) is 6.42 Å². The summed E-state index contributed by atoms with van der Waals surface area (Å²) in [6.07, 6.45) is -0.921. The van der Waals surface area contributed by atoms with E-state index < -0.39 is 29.6 Å². The van der Waals surface area contributed by atoms with E-state index in [2.05, 4.69) is 0 Å². The number of imide groups is 1. The number of ether oxygens (including phenoxy) is 2. The molecule has 0 N–H and O–H groups in total. The highest BCUT2D eigenvalue weighted by atomic mass is 16.6. The Labute approximate surface area is 157 Å². The maximum absolute atomic E-state index is 13.3. The fourth-order valence-electron chi connectivity index (χ4n) is 3.18. The maximum Gasteiger partial charge on any atom is 0.418 e. The first kappa shape index (κ1) is 18.6. The number of carbonyl (C=O) groups excluding carboxylic acids is 3. The summed E-state index contributed by atoms with van der Waals surface area (Å²) in [5.41, 5.74) is -0.541. The SMILES string of the molecule is CCOC(=O)[C@@]1(Cc2ccccc2)OC(=O)N([C@H](C)c2ccccc2)C1=O. The van der Waals surface area contributed by atoms with Crippen LogP contribution in [0, 0.1) is 0 Å². The molecule has 1 saturated heterocycles. The van der Waals surface area contributed by atoms with Crippen molar-refractivity contribution < 1.29 is 23.9 Å². The molecule has 1 aliphatic rings. The van der Waals surface area contributed by atoms with Gasteiger partial charge in [0.2, 0.25) is 0 Å². The first-order valence-corrected chi connectivity index (χ1v) is 8.82. The van der Waals surface area contributed by atoms with Crippen LogP contribution in [0.15, 0.2) is 60.7 Å². The Balaban J connectivity index is 1.98. The summed E-state index contributed by atoms with van der Waals surface area (Å²) in [7, 11) is 0. The van der Waals surface area contributed by atoms with E-state index in [0.29, 0.717) is 5.56 Å². The van der Waals surface area contributed by atoms with Crippen molar-refractivity contribution in [3.05, 3.63) is 71.8 Å². The zero-order valence-corrected chi connectivity index (χ0v) is 15.3. The van der Waals surface area contributed by atoms with Crippen LogP contribution in [0.5, 0.6) is 0 Å². The minimum absolute atomic E-state index is 0.0742. The molecule has 0 spiro atoms. The van der Waals surface area contributed by atoms with Crippen molar-refractivity contribution in [3.63, 3.8) is 0 Å². The molecule has 0 unspecified atom stereocenters. The third-order valence-corrected chi connectivity index (χ3v) is 4.59. The Kier molecular flexibility index (Phi) is 5.26. The predicted octanol–water partition coefficient (Wildman–Crippen LogP) is 3.27. The van der Waals surface area contributed by atoms with Crippen molar-refractivity contribution in [2.75, 3.05) is 6.61 Å². The maximum atomic E-state index is 13.3. The highest BCUT2D eigenvalue weighted by molar-refractivity contribution is 6.16. The Hall–Kier alpha value is -3.15. The third-order valence-electron chi connectivity index (χ3n) is 4.59. The molecule has 1 heterocycles. The van der Waals surface area contributed by atoms with E-state index in [1.807, 2.05) is 36.4 Å². The number of esters is 1. The number of benzene rings is 2. The van der Waals surface area contributed by atoms with Crippen molar-refractivity contribution in [2.24, 2.45) is 0 Å². The van der Waals surface area contributed by atoms with Gasteiger partial charge >= 0.3 is 12.1 Å². The molecule has 2 aromatic carbocycles. The molecule has 6 nitrogen and oxygen atoms in total. The van der Waals surface area contributed by atoms with Crippen molar-refractivity contribution in [3.8, 4) is 0 Å².